The van der Waals surface area contributed by atoms with Crippen molar-refractivity contribution in [3.63, 3.8) is 0 Å². The third-order valence-corrected chi connectivity index (χ3v) is 4.93. The fourth-order valence-corrected chi connectivity index (χ4v) is 3.32. The van der Waals surface area contributed by atoms with Gasteiger partial charge in [-0.05, 0) is 13.3 Å². The number of hydrogen-bond donors (Lipinski definition) is 3. The van der Waals surface area contributed by atoms with E-state index in [4.69, 9.17) is 0 Å². The maximum Gasteiger partial charge on any atom is 0.424 e. The Bertz CT molecular complexity index is 727. The number of aliphatic hydroxyl groups is 1. The molecule has 0 radical (unpaired) electrons. The standard InChI is InChI=1S/C18H29F3N6O2.HI/c1-4-14(28)27-10-6-13(12-27)25-16(22-5-2)24-8-7-17(29,18(19,20)21)15-23-9-11-26(15)3;/h9,11,13,29H,4-8,10,12H2,1-3H3,(H2,22,24,25);1H. The van der Waals surface area contributed by atoms with Gasteiger partial charge < -0.3 is 25.2 Å². The van der Waals surface area contributed by atoms with E-state index in [9.17, 15) is 23.1 Å². The molecule has 8 nitrogen and oxygen atoms in total. The van der Waals surface area contributed by atoms with Gasteiger partial charge in [-0.25, -0.2) is 4.98 Å². The third kappa shape index (κ3) is 6.22. The second-order valence-electron chi connectivity index (χ2n) is 7.05. The minimum atomic E-state index is -4.89. The van der Waals surface area contributed by atoms with Crippen LogP contribution in [-0.2, 0) is 17.4 Å². The molecule has 1 fully saturated rings. The fraction of sp³-hybridized carbons (Fsp3) is 0.722. The van der Waals surface area contributed by atoms with Crippen LogP contribution in [0.4, 0.5) is 13.2 Å². The first kappa shape index (κ1) is 26.5. The average molecular weight is 546 g/mol. The van der Waals surface area contributed by atoms with Crippen molar-refractivity contribution >= 4 is 35.8 Å². The molecule has 12 heteroatoms. The van der Waals surface area contributed by atoms with E-state index in [1.165, 1.54) is 19.4 Å². The van der Waals surface area contributed by atoms with E-state index in [0.29, 0.717) is 32.0 Å². The van der Waals surface area contributed by atoms with E-state index < -0.39 is 24.0 Å². The number of halogens is 4. The van der Waals surface area contributed by atoms with Crippen molar-refractivity contribution in [2.75, 3.05) is 26.2 Å². The quantitative estimate of drug-likeness (QED) is 0.275. The molecule has 2 rings (SSSR count). The van der Waals surface area contributed by atoms with Gasteiger partial charge in [-0.15, -0.1) is 24.0 Å². The Labute approximate surface area is 191 Å². The normalized spacial score (nSPS) is 19.2. The van der Waals surface area contributed by atoms with Gasteiger partial charge >= 0.3 is 6.18 Å². The van der Waals surface area contributed by atoms with Crippen LogP contribution in [0.3, 0.4) is 0 Å². The van der Waals surface area contributed by atoms with E-state index in [1.54, 1.807) is 11.8 Å². The molecule has 3 N–H and O–H groups in total. The fourth-order valence-electron chi connectivity index (χ4n) is 3.32. The maximum absolute atomic E-state index is 13.6. The third-order valence-electron chi connectivity index (χ3n) is 4.93. The summed E-state index contributed by atoms with van der Waals surface area (Å²) in [6.45, 7) is 5.08. The van der Waals surface area contributed by atoms with Gasteiger partial charge in [0.2, 0.25) is 11.5 Å². The lowest BCUT2D eigenvalue weighted by Gasteiger charge is -2.29. The predicted octanol–water partition coefficient (Wildman–Crippen LogP) is 1.74. The van der Waals surface area contributed by atoms with Crippen LogP contribution in [0, 0.1) is 0 Å². The first-order valence-corrected chi connectivity index (χ1v) is 9.71. The topological polar surface area (TPSA) is 94.8 Å². The van der Waals surface area contributed by atoms with Crippen molar-refractivity contribution in [1.29, 1.82) is 0 Å². The zero-order valence-corrected chi connectivity index (χ0v) is 19.7. The molecule has 2 unspecified atom stereocenters. The van der Waals surface area contributed by atoms with Crippen molar-refractivity contribution < 1.29 is 23.1 Å². The number of aromatic nitrogens is 2. The summed E-state index contributed by atoms with van der Waals surface area (Å²) in [5, 5.41) is 16.5. The Kier molecular flexibility index (Phi) is 9.85. The van der Waals surface area contributed by atoms with Crippen LogP contribution in [0.2, 0.25) is 0 Å². The highest BCUT2D eigenvalue weighted by atomic mass is 127. The van der Waals surface area contributed by atoms with Crippen LogP contribution >= 0.6 is 24.0 Å². The van der Waals surface area contributed by atoms with Gasteiger partial charge in [0.05, 0.1) is 0 Å². The van der Waals surface area contributed by atoms with Crippen molar-refractivity contribution in [2.24, 2.45) is 12.0 Å². The van der Waals surface area contributed by atoms with Crippen molar-refractivity contribution in [3.05, 3.63) is 18.2 Å². The van der Waals surface area contributed by atoms with Crippen molar-refractivity contribution in [2.45, 2.75) is 50.9 Å². The predicted molar refractivity (Wildman–Crippen MR) is 118 cm³/mol. The average Bonchev–Trinajstić information content (AvgIpc) is 3.29. The number of likely N-dealkylation sites (tertiary alicyclic amines) is 1. The summed E-state index contributed by atoms with van der Waals surface area (Å²) in [6, 6.07) is -0.0284. The Morgan fingerprint density at radius 2 is 2.10 bits per heavy atom. The summed E-state index contributed by atoms with van der Waals surface area (Å²) in [5.41, 5.74) is -3.09. The van der Waals surface area contributed by atoms with Crippen LogP contribution in [0.15, 0.2) is 17.4 Å². The van der Waals surface area contributed by atoms with E-state index in [-0.39, 0.29) is 42.5 Å². The number of hydrogen-bond acceptors (Lipinski definition) is 4. The lowest BCUT2D eigenvalue weighted by atomic mass is 9.98. The molecule has 0 aromatic carbocycles. The number of carbonyl (C=O) groups is 1. The summed E-state index contributed by atoms with van der Waals surface area (Å²) in [5.74, 6) is -0.0446. The number of nitrogens with zero attached hydrogens (tertiary/aromatic N) is 4. The lowest BCUT2D eigenvalue weighted by Crippen LogP contribution is -2.46. The number of alkyl halides is 3. The summed E-state index contributed by atoms with van der Waals surface area (Å²) < 4.78 is 41.9. The number of aryl methyl sites for hydroxylation is 1. The number of imidazole rings is 1. The van der Waals surface area contributed by atoms with E-state index in [2.05, 4.69) is 20.6 Å². The smallest absolute Gasteiger partial charge is 0.374 e. The van der Waals surface area contributed by atoms with Crippen LogP contribution in [0.1, 0.15) is 38.9 Å². The molecule has 2 heterocycles. The van der Waals surface area contributed by atoms with Crippen LogP contribution < -0.4 is 10.6 Å². The molecule has 0 spiro atoms. The zero-order valence-electron chi connectivity index (χ0n) is 17.4. The summed E-state index contributed by atoms with van der Waals surface area (Å²) in [4.78, 5) is 21.4. The molecular weight excluding hydrogens is 516 g/mol. The Morgan fingerprint density at radius 1 is 1.40 bits per heavy atom. The minimum Gasteiger partial charge on any atom is -0.374 e. The monoisotopic (exact) mass is 546 g/mol. The first-order valence-electron chi connectivity index (χ1n) is 9.71. The number of aliphatic imine (C=N–C) groups is 1. The molecule has 2 atom stereocenters. The van der Waals surface area contributed by atoms with E-state index in [0.717, 1.165) is 11.0 Å². The molecule has 0 saturated carbocycles. The molecule has 172 valence electrons. The van der Waals surface area contributed by atoms with Gasteiger partial charge in [-0.1, -0.05) is 6.92 Å². The van der Waals surface area contributed by atoms with Gasteiger partial charge in [0.1, 0.15) is 5.82 Å². The molecule has 1 aliphatic heterocycles. The number of carbonyl (C=O) groups excluding carboxylic acids is 1. The Morgan fingerprint density at radius 3 is 2.63 bits per heavy atom. The zero-order chi connectivity index (χ0) is 21.7. The maximum atomic E-state index is 13.6. The summed E-state index contributed by atoms with van der Waals surface area (Å²) in [6.07, 6.45) is -1.82. The highest BCUT2D eigenvalue weighted by Gasteiger charge is 2.57. The molecule has 1 amide bonds. The molecule has 0 aliphatic carbocycles. The first-order chi connectivity index (χ1) is 13.6. The molecule has 30 heavy (non-hydrogen) atoms. The SMILES string of the molecule is CCNC(=NCCC(O)(c1nccn1C)C(F)(F)F)NC1CCN(C(=O)CC)C1.I. The van der Waals surface area contributed by atoms with Crippen molar-refractivity contribution in [1.82, 2.24) is 25.1 Å². The van der Waals surface area contributed by atoms with Crippen molar-refractivity contribution in [3.8, 4) is 0 Å². The Hall–Kier alpha value is -1.57. The number of amides is 1. The number of rotatable bonds is 7. The van der Waals surface area contributed by atoms with Crippen LogP contribution in [0.25, 0.3) is 0 Å². The van der Waals surface area contributed by atoms with Gasteiger partial charge in [-0.3, -0.25) is 9.79 Å². The van der Waals surface area contributed by atoms with Gasteiger partial charge in [0.15, 0.2) is 5.96 Å². The van der Waals surface area contributed by atoms with E-state index >= 15 is 0 Å². The van der Waals surface area contributed by atoms with Gasteiger partial charge in [-0.2, -0.15) is 13.2 Å². The molecule has 0 bridgehead atoms. The summed E-state index contributed by atoms with van der Waals surface area (Å²) >= 11 is 0. The second kappa shape index (κ2) is 11.2. The largest absolute Gasteiger partial charge is 0.424 e. The summed E-state index contributed by atoms with van der Waals surface area (Å²) in [7, 11) is 1.40. The molecule has 1 saturated heterocycles. The minimum absolute atomic E-state index is 0. The molecule has 1 aromatic rings. The number of guanidine groups is 1. The highest BCUT2D eigenvalue weighted by Crippen LogP contribution is 2.40. The van der Waals surface area contributed by atoms with Gasteiger partial charge in [0.25, 0.3) is 0 Å². The number of nitrogens with one attached hydrogen (secondary N) is 2. The second-order valence-corrected chi connectivity index (χ2v) is 7.05. The van der Waals surface area contributed by atoms with Gasteiger partial charge in [0, 0.05) is 64.5 Å². The van der Waals surface area contributed by atoms with E-state index in [1.807, 2.05) is 6.92 Å². The highest BCUT2D eigenvalue weighted by molar-refractivity contribution is 14.0. The Balaban J connectivity index is 0.00000450. The molecule has 1 aliphatic rings. The molecule has 1 aromatic heterocycles. The molecular formula is C18H30F3IN6O2. The van der Waals surface area contributed by atoms with Crippen LogP contribution in [0.5, 0.6) is 0 Å². The van der Waals surface area contributed by atoms with Crippen LogP contribution in [-0.4, -0.2) is 69.8 Å². The lowest BCUT2D eigenvalue weighted by molar-refractivity contribution is -0.272.